The monoisotopic (exact) mass is 184 g/mol. The molecule has 1 aliphatic rings. The fraction of sp³-hybridized carbons (Fsp3) is 0.909. The van der Waals surface area contributed by atoms with Crippen LogP contribution in [0.15, 0.2) is 0 Å². The molecule has 13 heavy (non-hydrogen) atoms. The lowest BCUT2D eigenvalue weighted by molar-refractivity contribution is -0.126. The second-order valence-electron chi connectivity index (χ2n) is 4.30. The highest BCUT2D eigenvalue weighted by Gasteiger charge is 2.28. The van der Waals surface area contributed by atoms with Gasteiger partial charge in [-0.2, -0.15) is 0 Å². The summed E-state index contributed by atoms with van der Waals surface area (Å²) in [5.41, 5.74) is 0. The fourth-order valence-electron chi connectivity index (χ4n) is 2.21. The zero-order valence-electron chi connectivity index (χ0n) is 8.62. The highest BCUT2D eigenvalue weighted by Crippen LogP contribution is 2.31. The highest BCUT2D eigenvalue weighted by molar-refractivity contribution is 5.81. The molecule has 0 aliphatic heterocycles. The molecule has 1 rings (SSSR count). The predicted octanol–water partition coefficient (Wildman–Crippen LogP) is 2.15. The second kappa shape index (κ2) is 4.75. The molecule has 2 nitrogen and oxygen atoms in total. The number of carbonyl (C=O) groups is 1. The molecule has 0 bridgehead atoms. The summed E-state index contributed by atoms with van der Waals surface area (Å²) in [7, 11) is 0. The third kappa shape index (κ3) is 3.11. The first kappa shape index (κ1) is 10.7. The van der Waals surface area contributed by atoms with Crippen molar-refractivity contribution in [3.8, 4) is 0 Å². The molecule has 0 spiro atoms. The van der Waals surface area contributed by atoms with Gasteiger partial charge in [0, 0.05) is 12.3 Å². The van der Waals surface area contributed by atoms with Crippen LogP contribution in [-0.2, 0) is 4.79 Å². The summed E-state index contributed by atoms with van der Waals surface area (Å²) in [5, 5.41) is 9.23. The Bertz CT molecular complexity index is 175. The number of carbonyl (C=O) groups excluding carboxylic acids is 1. The summed E-state index contributed by atoms with van der Waals surface area (Å²) in [6.45, 7) is 3.95. The van der Waals surface area contributed by atoms with Crippen molar-refractivity contribution in [1.29, 1.82) is 0 Å². The molecule has 3 atom stereocenters. The molecule has 1 saturated carbocycles. The summed E-state index contributed by atoms with van der Waals surface area (Å²) in [6.07, 6.45) is 4.30. The van der Waals surface area contributed by atoms with Crippen LogP contribution in [0.2, 0.25) is 0 Å². The van der Waals surface area contributed by atoms with Gasteiger partial charge in [-0.25, -0.2) is 0 Å². The van der Waals surface area contributed by atoms with Gasteiger partial charge in [-0.1, -0.05) is 13.3 Å². The average Bonchev–Trinajstić information content (AvgIpc) is 2.08. The Morgan fingerprint density at radius 3 is 2.85 bits per heavy atom. The van der Waals surface area contributed by atoms with E-state index >= 15 is 0 Å². The van der Waals surface area contributed by atoms with Crippen molar-refractivity contribution >= 4 is 5.78 Å². The molecule has 0 aromatic carbocycles. The molecule has 1 N–H and O–H groups in total. The molecular weight excluding hydrogens is 164 g/mol. The van der Waals surface area contributed by atoms with Gasteiger partial charge in [0.2, 0.25) is 0 Å². The standard InChI is InChI=1S/C11H20O2/c1-3-9-4-5-11(13)10(7-9)6-8(2)12/h8-10,12H,3-7H2,1-2H3. The van der Waals surface area contributed by atoms with Crippen molar-refractivity contribution in [2.45, 2.75) is 52.1 Å². The van der Waals surface area contributed by atoms with Crippen LogP contribution < -0.4 is 0 Å². The summed E-state index contributed by atoms with van der Waals surface area (Å²) in [6, 6.07) is 0. The van der Waals surface area contributed by atoms with Crippen LogP contribution in [0, 0.1) is 11.8 Å². The van der Waals surface area contributed by atoms with E-state index in [9.17, 15) is 9.90 Å². The van der Waals surface area contributed by atoms with Gasteiger partial charge in [0.15, 0.2) is 0 Å². The SMILES string of the molecule is CCC1CCC(=O)C(CC(C)O)C1. The quantitative estimate of drug-likeness (QED) is 0.729. The molecule has 1 aliphatic carbocycles. The first-order chi connectivity index (χ1) is 6.13. The van der Waals surface area contributed by atoms with Crippen molar-refractivity contribution in [3.05, 3.63) is 0 Å². The number of rotatable bonds is 3. The number of aliphatic hydroxyl groups is 1. The van der Waals surface area contributed by atoms with Crippen molar-refractivity contribution in [2.24, 2.45) is 11.8 Å². The number of ketones is 1. The van der Waals surface area contributed by atoms with Gasteiger partial charge in [0.25, 0.3) is 0 Å². The molecule has 3 unspecified atom stereocenters. The van der Waals surface area contributed by atoms with E-state index in [-0.39, 0.29) is 12.0 Å². The topological polar surface area (TPSA) is 37.3 Å². The third-order valence-corrected chi connectivity index (χ3v) is 3.08. The lowest BCUT2D eigenvalue weighted by Gasteiger charge is -2.27. The van der Waals surface area contributed by atoms with E-state index in [0.29, 0.717) is 18.1 Å². The van der Waals surface area contributed by atoms with E-state index in [2.05, 4.69) is 6.92 Å². The van der Waals surface area contributed by atoms with Gasteiger partial charge in [0.05, 0.1) is 6.10 Å². The maximum Gasteiger partial charge on any atom is 0.136 e. The minimum Gasteiger partial charge on any atom is -0.393 e. The van der Waals surface area contributed by atoms with E-state index in [1.165, 1.54) is 6.42 Å². The lowest BCUT2D eigenvalue weighted by atomic mass is 9.77. The average molecular weight is 184 g/mol. The van der Waals surface area contributed by atoms with Gasteiger partial charge >= 0.3 is 0 Å². The van der Waals surface area contributed by atoms with Crippen LogP contribution in [0.1, 0.15) is 46.0 Å². The molecular formula is C11H20O2. The Balaban J connectivity index is 2.45. The molecule has 0 aromatic heterocycles. The van der Waals surface area contributed by atoms with E-state index in [4.69, 9.17) is 0 Å². The predicted molar refractivity (Wildman–Crippen MR) is 52.4 cm³/mol. The van der Waals surface area contributed by atoms with Gasteiger partial charge in [-0.15, -0.1) is 0 Å². The van der Waals surface area contributed by atoms with E-state index in [1.807, 2.05) is 0 Å². The largest absolute Gasteiger partial charge is 0.393 e. The van der Waals surface area contributed by atoms with Crippen LogP contribution in [0.4, 0.5) is 0 Å². The number of hydrogen-bond acceptors (Lipinski definition) is 2. The van der Waals surface area contributed by atoms with E-state index < -0.39 is 0 Å². The van der Waals surface area contributed by atoms with Crippen LogP contribution >= 0.6 is 0 Å². The zero-order valence-corrected chi connectivity index (χ0v) is 8.62. The molecule has 0 amide bonds. The number of Topliss-reactive ketones (excluding diaryl/α,β-unsaturated/α-hetero) is 1. The van der Waals surface area contributed by atoms with Gasteiger partial charge in [-0.3, -0.25) is 4.79 Å². The molecule has 76 valence electrons. The fourth-order valence-corrected chi connectivity index (χ4v) is 2.21. The normalized spacial score (nSPS) is 31.8. The van der Waals surface area contributed by atoms with Crippen molar-refractivity contribution in [2.75, 3.05) is 0 Å². The highest BCUT2D eigenvalue weighted by atomic mass is 16.3. The first-order valence-electron chi connectivity index (χ1n) is 5.34. The zero-order chi connectivity index (χ0) is 9.84. The van der Waals surface area contributed by atoms with Crippen molar-refractivity contribution in [1.82, 2.24) is 0 Å². The van der Waals surface area contributed by atoms with Gasteiger partial charge in [-0.05, 0) is 32.1 Å². The Morgan fingerprint density at radius 1 is 1.62 bits per heavy atom. The Hall–Kier alpha value is -0.370. The smallest absolute Gasteiger partial charge is 0.136 e. The minimum absolute atomic E-state index is 0.138. The minimum atomic E-state index is -0.329. The summed E-state index contributed by atoms with van der Waals surface area (Å²) >= 11 is 0. The maximum atomic E-state index is 11.5. The van der Waals surface area contributed by atoms with Crippen LogP contribution in [0.5, 0.6) is 0 Å². The van der Waals surface area contributed by atoms with E-state index in [0.717, 1.165) is 19.3 Å². The van der Waals surface area contributed by atoms with Gasteiger partial charge in [0.1, 0.15) is 5.78 Å². The Kier molecular flexibility index (Phi) is 3.91. The van der Waals surface area contributed by atoms with E-state index in [1.54, 1.807) is 6.92 Å². The first-order valence-corrected chi connectivity index (χ1v) is 5.34. The molecule has 2 heteroatoms. The number of aliphatic hydroxyl groups excluding tert-OH is 1. The molecule has 0 radical (unpaired) electrons. The number of hydrogen-bond donors (Lipinski definition) is 1. The van der Waals surface area contributed by atoms with Crippen LogP contribution in [0.25, 0.3) is 0 Å². The van der Waals surface area contributed by atoms with Crippen LogP contribution in [0.3, 0.4) is 0 Å². The maximum absolute atomic E-state index is 11.5. The Morgan fingerprint density at radius 2 is 2.31 bits per heavy atom. The molecule has 0 heterocycles. The van der Waals surface area contributed by atoms with Crippen molar-refractivity contribution < 1.29 is 9.90 Å². The van der Waals surface area contributed by atoms with Crippen molar-refractivity contribution in [3.63, 3.8) is 0 Å². The molecule has 0 saturated heterocycles. The summed E-state index contributed by atoms with van der Waals surface area (Å²) in [5.74, 6) is 1.21. The third-order valence-electron chi connectivity index (χ3n) is 3.08. The van der Waals surface area contributed by atoms with Gasteiger partial charge < -0.3 is 5.11 Å². The molecule has 0 aromatic rings. The Labute approximate surface area is 80.3 Å². The second-order valence-corrected chi connectivity index (χ2v) is 4.30. The summed E-state index contributed by atoms with van der Waals surface area (Å²) in [4.78, 5) is 11.5. The molecule has 1 fully saturated rings. The lowest BCUT2D eigenvalue weighted by Crippen LogP contribution is -2.27. The summed E-state index contributed by atoms with van der Waals surface area (Å²) < 4.78 is 0. The van der Waals surface area contributed by atoms with Crippen LogP contribution in [-0.4, -0.2) is 17.0 Å².